The van der Waals surface area contributed by atoms with Crippen molar-refractivity contribution >= 4 is 16.0 Å². The fourth-order valence-electron chi connectivity index (χ4n) is 3.55. The van der Waals surface area contributed by atoms with Crippen LogP contribution in [-0.4, -0.2) is 56.2 Å². The average molecular weight is 318 g/mol. The van der Waals surface area contributed by atoms with Crippen molar-refractivity contribution in [2.45, 2.75) is 56.9 Å². The predicted octanol–water partition coefficient (Wildman–Crippen LogP) is 0.730. The predicted molar refractivity (Wildman–Crippen MR) is 80.3 cm³/mol. The number of rotatable bonds is 3. The lowest BCUT2D eigenvalue weighted by atomic mass is 9.89. The van der Waals surface area contributed by atoms with Gasteiger partial charge in [0.05, 0.1) is 18.3 Å². The van der Waals surface area contributed by atoms with Gasteiger partial charge in [0.1, 0.15) is 0 Å². The zero-order chi connectivity index (χ0) is 15.6. The van der Waals surface area contributed by atoms with Gasteiger partial charge in [-0.3, -0.25) is 4.79 Å². The maximum atomic E-state index is 13.0. The molecule has 1 N–H and O–H groups in total. The molecule has 21 heavy (non-hydrogen) atoms. The van der Waals surface area contributed by atoms with E-state index in [0.29, 0.717) is 25.9 Å². The van der Waals surface area contributed by atoms with Gasteiger partial charge in [-0.15, -0.1) is 0 Å². The summed E-state index contributed by atoms with van der Waals surface area (Å²) in [5, 5.41) is 2.70. The number of nitrogens with one attached hydrogen (secondary N) is 1. The molecule has 0 amide bonds. The quantitative estimate of drug-likeness (QED) is 0.777. The maximum Gasteiger partial charge on any atom is 0.310 e. The molecular weight excluding hydrogens is 292 g/mol. The van der Waals surface area contributed by atoms with Crippen molar-refractivity contribution in [3.8, 4) is 0 Å². The maximum absolute atomic E-state index is 13.0. The highest BCUT2D eigenvalue weighted by molar-refractivity contribution is 7.89. The van der Waals surface area contributed by atoms with E-state index in [1.807, 2.05) is 13.8 Å². The Hall–Kier alpha value is -0.660. The van der Waals surface area contributed by atoms with Gasteiger partial charge in [-0.2, -0.15) is 4.31 Å². The van der Waals surface area contributed by atoms with E-state index in [2.05, 4.69) is 5.32 Å². The zero-order valence-electron chi connectivity index (χ0n) is 13.0. The second-order valence-electron chi connectivity index (χ2n) is 6.28. The summed E-state index contributed by atoms with van der Waals surface area (Å²) in [5.74, 6) is -0.909. The van der Waals surface area contributed by atoms with Crippen LogP contribution in [0.4, 0.5) is 0 Å². The molecule has 4 unspecified atom stereocenters. The number of piperazine rings is 1. The summed E-state index contributed by atoms with van der Waals surface area (Å²) in [7, 11) is -2.13. The number of esters is 1. The van der Waals surface area contributed by atoms with Crippen LogP contribution in [0, 0.1) is 5.92 Å². The summed E-state index contributed by atoms with van der Waals surface area (Å²) >= 11 is 0. The van der Waals surface area contributed by atoms with Gasteiger partial charge in [0.15, 0.2) is 0 Å². The molecule has 0 spiro atoms. The minimum absolute atomic E-state index is 0.128. The molecule has 2 aliphatic rings. The first-order valence-electron chi connectivity index (χ1n) is 7.69. The highest BCUT2D eigenvalue weighted by atomic mass is 32.2. The second kappa shape index (κ2) is 6.62. The highest BCUT2D eigenvalue weighted by Gasteiger charge is 2.44. The standard InChI is InChI=1S/C14H26N2O4S/c1-10-8-16(9-11(2)15-10)21(18,19)13-7-5-4-6-12(13)14(17)20-3/h10-13,15H,4-9H2,1-3H3. The largest absolute Gasteiger partial charge is 0.469 e. The fourth-order valence-corrected chi connectivity index (χ4v) is 5.92. The number of hydrogen-bond acceptors (Lipinski definition) is 5. The molecular formula is C14H26N2O4S. The van der Waals surface area contributed by atoms with Crippen LogP contribution in [0.2, 0.25) is 0 Å². The van der Waals surface area contributed by atoms with Crippen molar-refractivity contribution < 1.29 is 17.9 Å². The summed E-state index contributed by atoms with van der Waals surface area (Å²) in [6.07, 6.45) is 2.90. The lowest BCUT2D eigenvalue weighted by Gasteiger charge is -2.39. The summed E-state index contributed by atoms with van der Waals surface area (Å²) in [5.41, 5.74) is 0. The number of carbonyl (C=O) groups is 1. The van der Waals surface area contributed by atoms with E-state index in [4.69, 9.17) is 4.74 Å². The van der Waals surface area contributed by atoms with E-state index in [-0.39, 0.29) is 18.1 Å². The number of sulfonamides is 1. The van der Waals surface area contributed by atoms with E-state index < -0.39 is 21.2 Å². The van der Waals surface area contributed by atoms with E-state index in [1.54, 1.807) is 4.31 Å². The second-order valence-corrected chi connectivity index (χ2v) is 8.44. The van der Waals surface area contributed by atoms with Crippen LogP contribution in [0.1, 0.15) is 39.5 Å². The fraction of sp³-hybridized carbons (Fsp3) is 0.929. The van der Waals surface area contributed by atoms with Gasteiger partial charge in [0.2, 0.25) is 10.0 Å². The van der Waals surface area contributed by atoms with Crippen molar-refractivity contribution in [1.82, 2.24) is 9.62 Å². The first-order valence-corrected chi connectivity index (χ1v) is 9.19. The van der Waals surface area contributed by atoms with E-state index in [1.165, 1.54) is 7.11 Å². The van der Waals surface area contributed by atoms with Crippen molar-refractivity contribution in [2.75, 3.05) is 20.2 Å². The molecule has 1 heterocycles. The molecule has 0 aromatic heterocycles. The Morgan fingerprint density at radius 3 is 2.29 bits per heavy atom. The average Bonchev–Trinajstić information content (AvgIpc) is 2.45. The van der Waals surface area contributed by atoms with Gasteiger partial charge in [0.25, 0.3) is 0 Å². The Balaban J connectivity index is 2.21. The topological polar surface area (TPSA) is 75.7 Å². The minimum atomic E-state index is -3.46. The smallest absolute Gasteiger partial charge is 0.310 e. The molecule has 1 saturated heterocycles. The molecule has 6 nitrogen and oxygen atoms in total. The molecule has 1 saturated carbocycles. The SMILES string of the molecule is COC(=O)C1CCCCC1S(=O)(=O)N1CC(C)NC(C)C1. The Morgan fingerprint density at radius 2 is 1.71 bits per heavy atom. The third kappa shape index (κ3) is 3.57. The summed E-state index contributed by atoms with van der Waals surface area (Å²) in [4.78, 5) is 11.9. The molecule has 2 fully saturated rings. The number of ether oxygens (including phenoxy) is 1. The zero-order valence-corrected chi connectivity index (χ0v) is 13.9. The van der Waals surface area contributed by atoms with Crippen LogP contribution in [0.3, 0.4) is 0 Å². The van der Waals surface area contributed by atoms with Crippen LogP contribution in [0.15, 0.2) is 0 Å². The molecule has 122 valence electrons. The van der Waals surface area contributed by atoms with Crippen LogP contribution >= 0.6 is 0 Å². The molecule has 1 aliphatic carbocycles. The molecule has 7 heteroatoms. The Bertz CT molecular complexity index is 469. The van der Waals surface area contributed by atoms with Crippen LogP contribution in [0.5, 0.6) is 0 Å². The van der Waals surface area contributed by atoms with Crippen molar-refractivity contribution in [3.05, 3.63) is 0 Å². The van der Waals surface area contributed by atoms with Crippen LogP contribution in [-0.2, 0) is 19.6 Å². The van der Waals surface area contributed by atoms with Crippen LogP contribution < -0.4 is 5.32 Å². The Kier molecular flexibility index (Phi) is 5.27. The first-order chi connectivity index (χ1) is 9.86. The number of nitrogens with zero attached hydrogens (tertiary/aromatic N) is 1. The third-order valence-electron chi connectivity index (χ3n) is 4.47. The lowest BCUT2D eigenvalue weighted by Crippen LogP contribution is -2.58. The molecule has 0 aromatic carbocycles. The first kappa shape index (κ1) is 16.7. The normalized spacial score (nSPS) is 35.4. The lowest BCUT2D eigenvalue weighted by molar-refractivity contribution is -0.146. The van der Waals surface area contributed by atoms with Gasteiger partial charge >= 0.3 is 5.97 Å². The van der Waals surface area contributed by atoms with Gasteiger partial charge in [-0.05, 0) is 26.7 Å². The highest BCUT2D eigenvalue weighted by Crippen LogP contribution is 2.32. The molecule has 0 bridgehead atoms. The Morgan fingerprint density at radius 1 is 1.14 bits per heavy atom. The third-order valence-corrected chi connectivity index (χ3v) is 6.82. The van der Waals surface area contributed by atoms with E-state index in [0.717, 1.165) is 12.8 Å². The van der Waals surface area contributed by atoms with Gasteiger partial charge < -0.3 is 10.1 Å². The van der Waals surface area contributed by atoms with Gasteiger partial charge in [-0.1, -0.05) is 12.8 Å². The van der Waals surface area contributed by atoms with Crippen LogP contribution in [0.25, 0.3) is 0 Å². The summed E-state index contributed by atoms with van der Waals surface area (Å²) in [6.45, 7) is 4.90. The number of methoxy groups -OCH3 is 1. The van der Waals surface area contributed by atoms with E-state index >= 15 is 0 Å². The molecule has 0 aromatic rings. The molecule has 2 rings (SSSR count). The molecule has 4 atom stereocenters. The number of carbonyl (C=O) groups excluding carboxylic acids is 1. The summed E-state index contributed by atoms with van der Waals surface area (Å²) in [6, 6.07) is 0.257. The van der Waals surface area contributed by atoms with Gasteiger partial charge in [-0.25, -0.2) is 8.42 Å². The van der Waals surface area contributed by atoms with Gasteiger partial charge in [0, 0.05) is 25.2 Å². The molecule has 1 aliphatic heterocycles. The Labute approximate surface area is 127 Å². The van der Waals surface area contributed by atoms with Crippen molar-refractivity contribution in [3.63, 3.8) is 0 Å². The van der Waals surface area contributed by atoms with Crippen molar-refractivity contribution in [2.24, 2.45) is 5.92 Å². The number of hydrogen-bond donors (Lipinski definition) is 1. The summed E-state index contributed by atoms with van der Waals surface area (Å²) < 4.78 is 32.3. The molecule has 0 radical (unpaired) electrons. The monoisotopic (exact) mass is 318 g/mol. The van der Waals surface area contributed by atoms with Crippen molar-refractivity contribution in [1.29, 1.82) is 0 Å². The van der Waals surface area contributed by atoms with E-state index in [9.17, 15) is 13.2 Å². The minimum Gasteiger partial charge on any atom is -0.469 e.